The molecule has 0 spiro atoms. The second kappa shape index (κ2) is 8.25. The molecule has 0 amide bonds. The number of nitrogens with one attached hydrogen (secondary N) is 2. The van der Waals surface area contributed by atoms with Crippen LogP contribution in [0.1, 0.15) is 5.56 Å². The van der Waals surface area contributed by atoms with Crippen molar-refractivity contribution >= 4 is 44.3 Å². The van der Waals surface area contributed by atoms with Crippen molar-refractivity contribution in [2.24, 2.45) is 0 Å². The minimum absolute atomic E-state index is 0.00874. The first-order valence-corrected chi connectivity index (χ1v) is 10.8. The molecule has 0 aliphatic rings. The van der Waals surface area contributed by atoms with Crippen molar-refractivity contribution in [2.45, 2.75) is 11.4 Å². The van der Waals surface area contributed by atoms with E-state index in [-0.39, 0.29) is 22.3 Å². The Morgan fingerprint density at radius 2 is 1.53 bits per heavy atom. The van der Waals surface area contributed by atoms with Crippen molar-refractivity contribution in [1.29, 1.82) is 0 Å². The van der Waals surface area contributed by atoms with Crippen LogP contribution in [0.4, 0.5) is 16.0 Å². The fourth-order valence-electron chi connectivity index (χ4n) is 2.80. The number of hydrogen-bond acceptors (Lipinski definition) is 5. The zero-order valence-electron chi connectivity index (χ0n) is 15.5. The van der Waals surface area contributed by atoms with Gasteiger partial charge in [-0.25, -0.2) is 22.8 Å². The number of halogens is 2. The van der Waals surface area contributed by atoms with Crippen LogP contribution in [-0.2, 0) is 16.6 Å². The van der Waals surface area contributed by atoms with Gasteiger partial charge in [-0.2, -0.15) is 0 Å². The van der Waals surface area contributed by atoms with Gasteiger partial charge in [0, 0.05) is 11.6 Å². The van der Waals surface area contributed by atoms with Crippen LogP contribution in [0.3, 0.4) is 0 Å². The molecule has 0 aliphatic carbocycles. The van der Waals surface area contributed by atoms with Crippen LogP contribution in [0, 0.1) is 5.82 Å². The lowest BCUT2D eigenvalue weighted by atomic mass is 10.2. The summed E-state index contributed by atoms with van der Waals surface area (Å²) in [6, 6.07) is 19.0. The summed E-state index contributed by atoms with van der Waals surface area (Å²) >= 11 is 5.93. The van der Waals surface area contributed by atoms with E-state index in [1.54, 1.807) is 42.5 Å². The fourth-order valence-corrected chi connectivity index (χ4v) is 4.11. The predicted octanol–water partition coefficient (Wildman–Crippen LogP) is 4.84. The lowest BCUT2D eigenvalue weighted by molar-refractivity contribution is 0.601. The van der Waals surface area contributed by atoms with Gasteiger partial charge in [-0.3, -0.25) is 4.72 Å². The van der Waals surface area contributed by atoms with Gasteiger partial charge < -0.3 is 5.32 Å². The molecule has 1 heterocycles. The molecule has 0 unspecified atom stereocenters. The molecule has 0 atom stereocenters. The number of nitrogens with zero attached hydrogens (tertiary/aromatic N) is 2. The topological polar surface area (TPSA) is 84.0 Å². The standard InChI is InChI=1S/C21H16ClFN4O2S/c22-15-4-3-5-17(12-15)30(28,29)27-21-20(24-13-14-8-10-16(23)11-9-14)25-18-6-1-2-7-19(18)26-21/h1-12H,13H2,(H,24,25)(H,26,27). The number of para-hydroxylation sites is 2. The predicted molar refractivity (Wildman–Crippen MR) is 116 cm³/mol. The number of rotatable bonds is 6. The Kier molecular flexibility index (Phi) is 5.52. The highest BCUT2D eigenvalue weighted by Gasteiger charge is 2.19. The summed E-state index contributed by atoms with van der Waals surface area (Å²) < 4.78 is 41.3. The van der Waals surface area contributed by atoms with Crippen LogP contribution in [-0.4, -0.2) is 18.4 Å². The fraction of sp³-hybridized carbons (Fsp3) is 0.0476. The molecule has 30 heavy (non-hydrogen) atoms. The summed E-state index contributed by atoms with van der Waals surface area (Å²) in [6.45, 7) is 0.305. The van der Waals surface area contributed by atoms with E-state index < -0.39 is 10.0 Å². The number of anilines is 2. The third-order valence-electron chi connectivity index (χ3n) is 4.28. The quantitative estimate of drug-likeness (QED) is 0.446. The molecule has 3 aromatic carbocycles. The molecule has 6 nitrogen and oxygen atoms in total. The van der Waals surface area contributed by atoms with Crippen LogP contribution in [0.15, 0.2) is 77.7 Å². The van der Waals surface area contributed by atoms with Crippen molar-refractivity contribution in [2.75, 3.05) is 10.0 Å². The summed E-state index contributed by atoms with van der Waals surface area (Å²) in [5.41, 5.74) is 1.94. The second-order valence-electron chi connectivity index (χ2n) is 6.45. The van der Waals surface area contributed by atoms with Gasteiger partial charge in [-0.1, -0.05) is 41.9 Å². The van der Waals surface area contributed by atoms with Gasteiger partial charge in [-0.05, 0) is 48.0 Å². The lowest BCUT2D eigenvalue weighted by Gasteiger charge is -2.14. The Hall–Kier alpha value is -3.23. The van der Waals surface area contributed by atoms with Gasteiger partial charge in [0.2, 0.25) is 0 Å². The molecule has 0 radical (unpaired) electrons. The summed E-state index contributed by atoms with van der Waals surface area (Å²) in [4.78, 5) is 8.94. The number of aromatic nitrogens is 2. The Balaban J connectivity index is 1.69. The average molecular weight is 443 g/mol. The van der Waals surface area contributed by atoms with E-state index in [0.29, 0.717) is 22.6 Å². The van der Waals surface area contributed by atoms with Gasteiger partial charge in [0.05, 0.1) is 15.9 Å². The van der Waals surface area contributed by atoms with Crippen molar-refractivity contribution in [3.05, 3.63) is 89.2 Å². The smallest absolute Gasteiger partial charge is 0.263 e. The second-order valence-corrected chi connectivity index (χ2v) is 8.57. The van der Waals surface area contributed by atoms with Gasteiger partial charge in [0.25, 0.3) is 10.0 Å². The molecule has 0 saturated heterocycles. The van der Waals surface area contributed by atoms with Crippen molar-refractivity contribution in [3.63, 3.8) is 0 Å². The third kappa shape index (κ3) is 4.50. The average Bonchev–Trinajstić information content (AvgIpc) is 2.73. The van der Waals surface area contributed by atoms with Gasteiger partial charge >= 0.3 is 0 Å². The number of benzene rings is 3. The first kappa shape index (κ1) is 20.1. The Morgan fingerprint density at radius 3 is 2.20 bits per heavy atom. The van der Waals surface area contributed by atoms with E-state index in [4.69, 9.17) is 11.6 Å². The van der Waals surface area contributed by atoms with Gasteiger partial charge in [0.1, 0.15) is 5.82 Å². The van der Waals surface area contributed by atoms with E-state index in [9.17, 15) is 12.8 Å². The minimum atomic E-state index is -3.94. The number of fused-ring (bicyclic) bond motifs is 1. The molecule has 152 valence electrons. The Labute approximate surface area is 177 Å². The molecule has 0 saturated carbocycles. The summed E-state index contributed by atoms with van der Waals surface area (Å²) in [5, 5.41) is 3.38. The van der Waals surface area contributed by atoms with Crippen molar-refractivity contribution in [3.8, 4) is 0 Å². The molecular weight excluding hydrogens is 427 g/mol. The molecule has 1 aromatic heterocycles. The highest BCUT2D eigenvalue weighted by Crippen LogP contribution is 2.25. The molecule has 0 bridgehead atoms. The largest absolute Gasteiger partial charge is 0.363 e. The van der Waals surface area contributed by atoms with Crippen LogP contribution < -0.4 is 10.0 Å². The van der Waals surface area contributed by atoms with E-state index >= 15 is 0 Å². The van der Waals surface area contributed by atoms with Crippen molar-refractivity contribution < 1.29 is 12.8 Å². The monoisotopic (exact) mass is 442 g/mol. The number of sulfonamides is 1. The number of hydrogen-bond donors (Lipinski definition) is 2. The van der Waals surface area contributed by atoms with Gasteiger partial charge in [0.15, 0.2) is 11.6 Å². The molecule has 4 aromatic rings. The SMILES string of the molecule is O=S(=O)(Nc1nc2ccccc2nc1NCc1ccc(F)cc1)c1cccc(Cl)c1. The molecule has 2 N–H and O–H groups in total. The Bertz CT molecular complexity index is 1310. The summed E-state index contributed by atoms with van der Waals surface area (Å²) in [7, 11) is -3.94. The van der Waals surface area contributed by atoms with Crippen LogP contribution >= 0.6 is 11.6 Å². The lowest BCUT2D eigenvalue weighted by Crippen LogP contribution is -2.16. The first-order valence-electron chi connectivity index (χ1n) is 8.94. The van der Waals surface area contributed by atoms with Crippen molar-refractivity contribution in [1.82, 2.24) is 9.97 Å². The van der Waals surface area contributed by atoms with Gasteiger partial charge in [-0.15, -0.1) is 0 Å². The maximum Gasteiger partial charge on any atom is 0.263 e. The summed E-state index contributed by atoms with van der Waals surface area (Å²) in [5.74, 6) is -0.0290. The zero-order valence-corrected chi connectivity index (χ0v) is 17.1. The van der Waals surface area contributed by atoms with E-state index in [2.05, 4.69) is 20.0 Å². The zero-order chi connectivity index (χ0) is 21.1. The molecule has 4 rings (SSSR count). The van der Waals surface area contributed by atoms with E-state index in [1.165, 1.54) is 24.3 Å². The maximum absolute atomic E-state index is 13.1. The molecule has 9 heteroatoms. The molecule has 0 fully saturated rings. The minimum Gasteiger partial charge on any atom is -0.363 e. The normalized spacial score (nSPS) is 11.4. The van der Waals surface area contributed by atoms with E-state index in [1.807, 2.05) is 6.07 Å². The van der Waals surface area contributed by atoms with Crippen LogP contribution in [0.2, 0.25) is 5.02 Å². The maximum atomic E-state index is 13.1. The van der Waals surface area contributed by atoms with E-state index in [0.717, 1.165) is 5.56 Å². The molecule has 0 aliphatic heterocycles. The molecular formula is C21H16ClFN4O2S. The van der Waals surface area contributed by atoms with Crippen LogP contribution in [0.25, 0.3) is 11.0 Å². The van der Waals surface area contributed by atoms with Crippen LogP contribution in [0.5, 0.6) is 0 Å². The highest BCUT2D eigenvalue weighted by atomic mass is 35.5. The summed E-state index contributed by atoms with van der Waals surface area (Å²) in [6.07, 6.45) is 0. The third-order valence-corrected chi connectivity index (χ3v) is 5.85. The highest BCUT2D eigenvalue weighted by molar-refractivity contribution is 7.92. The first-order chi connectivity index (χ1) is 14.4. The Morgan fingerprint density at radius 1 is 0.867 bits per heavy atom.